The third-order valence-corrected chi connectivity index (χ3v) is 4.33. The van der Waals surface area contributed by atoms with Crippen molar-refractivity contribution >= 4 is 33.3 Å². The Labute approximate surface area is 142 Å². The van der Waals surface area contributed by atoms with E-state index in [1.165, 1.54) is 0 Å². The molecule has 4 rings (SSSR count). The minimum Gasteiger partial charge on any atom is -0.437 e. The standard InChI is InChI=1S/C20H11ClN2O/c21-14-8-5-13(6-9-14)18-16-10-7-12-3-1-2-4-15(12)19(16)24-20(23)17(18)11-22/h1-10,23H. The number of benzene rings is 3. The van der Waals surface area contributed by atoms with Crippen LogP contribution in [0.5, 0.6) is 0 Å². The highest BCUT2D eigenvalue weighted by Crippen LogP contribution is 2.34. The second-order valence-corrected chi connectivity index (χ2v) is 5.90. The van der Waals surface area contributed by atoms with Gasteiger partial charge in [0.2, 0.25) is 5.55 Å². The molecule has 0 radical (unpaired) electrons. The van der Waals surface area contributed by atoms with Crippen LogP contribution in [0.2, 0.25) is 5.02 Å². The van der Waals surface area contributed by atoms with Crippen molar-refractivity contribution in [3.8, 4) is 17.2 Å². The minimum atomic E-state index is -0.133. The summed E-state index contributed by atoms with van der Waals surface area (Å²) in [6.45, 7) is 0. The van der Waals surface area contributed by atoms with Crippen LogP contribution < -0.4 is 5.55 Å². The van der Waals surface area contributed by atoms with Crippen LogP contribution >= 0.6 is 11.6 Å². The number of fused-ring (bicyclic) bond motifs is 3. The average molecular weight is 331 g/mol. The van der Waals surface area contributed by atoms with Crippen LogP contribution in [0.3, 0.4) is 0 Å². The molecule has 0 atom stereocenters. The molecule has 1 N–H and O–H groups in total. The van der Waals surface area contributed by atoms with E-state index in [9.17, 15) is 5.26 Å². The molecule has 4 heteroatoms. The van der Waals surface area contributed by atoms with Crippen LogP contribution in [0.4, 0.5) is 0 Å². The lowest BCUT2D eigenvalue weighted by Crippen LogP contribution is -2.07. The Hall–Kier alpha value is -3.09. The van der Waals surface area contributed by atoms with Crippen molar-refractivity contribution in [3.05, 3.63) is 76.8 Å². The van der Waals surface area contributed by atoms with E-state index in [4.69, 9.17) is 21.4 Å². The molecule has 1 heterocycles. The molecule has 0 fully saturated rings. The molecular formula is C20H11ClN2O. The highest BCUT2D eigenvalue weighted by molar-refractivity contribution is 6.30. The number of hydrogen-bond donors (Lipinski definition) is 1. The molecule has 0 aliphatic rings. The molecule has 0 aliphatic heterocycles. The SMILES string of the molecule is N#Cc1c(-c2ccc(Cl)cc2)c2ccc3ccccc3c2oc1=N. The molecule has 0 spiro atoms. The maximum Gasteiger partial charge on any atom is 0.230 e. The smallest absolute Gasteiger partial charge is 0.230 e. The number of nitrogens with one attached hydrogen (secondary N) is 1. The summed E-state index contributed by atoms with van der Waals surface area (Å²) in [5.41, 5.74) is 2.24. The lowest BCUT2D eigenvalue weighted by molar-refractivity contribution is 0.534. The fraction of sp³-hybridized carbons (Fsp3) is 0. The van der Waals surface area contributed by atoms with Crippen molar-refractivity contribution < 1.29 is 4.42 Å². The summed E-state index contributed by atoms with van der Waals surface area (Å²) in [5.74, 6) is 0. The molecular weight excluding hydrogens is 320 g/mol. The van der Waals surface area contributed by atoms with Crippen molar-refractivity contribution in [2.45, 2.75) is 0 Å². The van der Waals surface area contributed by atoms with Gasteiger partial charge < -0.3 is 4.42 Å². The summed E-state index contributed by atoms with van der Waals surface area (Å²) in [4.78, 5) is 0. The van der Waals surface area contributed by atoms with Gasteiger partial charge in [0, 0.05) is 21.4 Å². The van der Waals surface area contributed by atoms with Crippen LogP contribution in [0.15, 0.2) is 65.1 Å². The maximum absolute atomic E-state index is 9.53. The van der Waals surface area contributed by atoms with Gasteiger partial charge in [-0.2, -0.15) is 5.26 Å². The number of halogens is 1. The fourth-order valence-corrected chi connectivity index (χ4v) is 3.10. The van der Waals surface area contributed by atoms with Gasteiger partial charge in [-0.15, -0.1) is 0 Å². The molecule has 0 saturated carbocycles. The third kappa shape index (κ3) is 2.17. The molecule has 4 aromatic rings. The molecule has 114 valence electrons. The number of rotatable bonds is 1. The van der Waals surface area contributed by atoms with E-state index in [1.807, 2.05) is 48.5 Å². The largest absolute Gasteiger partial charge is 0.437 e. The molecule has 0 amide bonds. The van der Waals surface area contributed by atoms with E-state index in [0.717, 1.165) is 21.7 Å². The Morgan fingerprint density at radius 2 is 1.67 bits per heavy atom. The highest BCUT2D eigenvalue weighted by atomic mass is 35.5. The van der Waals surface area contributed by atoms with Crippen LogP contribution in [-0.4, -0.2) is 0 Å². The Morgan fingerprint density at radius 3 is 2.42 bits per heavy atom. The first-order valence-corrected chi connectivity index (χ1v) is 7.76. The second kappa shape index (κ2) is 5.52. The van der Waals surface area contributed by atoms with Crippen LogP contribution in [0.1, 0.15) is 5.56 Å². The van der Waals surface area contributed by atoms with Crippen molar-refractivity contribution in [3.63, 3.8) is 0 Å². The van der Waals surface area contributed by atoms with E-state index in [2.05, 4.69) is 6.07 Å². The van der Waals surface area contributed by atoms with Gasteiger partial charge in [-0.1, -0.05) is 54.1 Å². The number of nitrogens with zero attached hydrogens (tertiary/aromatic N) is 1. The zero-order valence-corrected chi connectivity index (χ0v) is 13.3. The van der Waals surface area contributed by atoms with Crippen LogP contribution in [-0.2, 0) is 0 Å². The van der Waals surface area contributed by atoms with Gasteiger partial charge >= 0.3 is 0 Å². The average Bonchev–Trinajstić information content (AvgIpc) is 2.61. The monoisotopic (exact) mass is 330 g/mol. The Morgan fingerprint density at radius 1 is 0.917 bits per heavy atom. The summed E-state index contributed by atoms with van der Waals surface area (Å²) in [6.07, 6.45) is 0. The molecule has 0 saturated heterocycles. The van der Waals surface area contributed by atoms with Crippen LogP contribution in [0.25, 0.3) is 32.9 Å². The summed E-state index contributed by atoms with van der Waals surface area (Å²) in [5, 5.41) is 21.1. The van der Waals surface area contributed by atoms with Crippen molar-refractivity contribution in [1.82, 2.24) is 0 Å². The van der Waals surface area contributed by atoms with Gasteiger partial charge in [-0.05, 0) is 29.1 Å². The van der Waals surface area contributed by atoms with Crippen molar-refractivity contribution in [1.29, 1.82) is 10.7 Å². The van der Waals surface area contributed by atoms with E-state index in [0.29, 0.717) is 16.2 Å². The topological polar surface area (TPSA) is 60.8 Å². The van der Waals surface area contributed by atoms with Gasteiger partial charge in [0.15, 0.2) is 0 Å². The van der Waals surface area contributed by atoms with E-state index in [-0.39, 0.29) is 11.1 Å². The lowest BCUT2D eigenvalue weighted by Gasteiger charge is -2.11. The minimum absolute atomic E-state index is 0.133. The van der Waals surface area contributed by atoms with Gasteiger partial charge in [0.25, 0.3) is 0 Å². The first-order chi connectivity index (χ1) is 11.7. The predicted molar refractivity (Wildman–Crippen MR) is 94.7 cm³/mol. The van der Waals surface area contributed by atoms with E-state index >= 15 is 0 Å². The quantitative estimate of drug-likeness (QED) is 0.484. The van der Waals surface area contributed by atoms with E-state index < -0.39 is 0 Å². The Kier molecular flexibility index (Phi) is 3.34. The van der Waals surface area contributed by atoms with Gasteiger partial charge in [0.05, 0.1) is 0 Å². The first kappa shape index (κ1) is 14.5. The highest BCUT2D eigenvalue weighted by Gasteiger charge is 2.16. The Balaban J connectivity index is 2.22. The molecule has 24 heavy (non-hydrogen) atoms. The molecule has 3 nitrogen and oxygen atoms in total. The zero-order valence-electron chi connectivity index (χ0n) is 12.5. The molecule has 0 bridgehead atoms. The van der Waals surface area contributed by atoms with Gasteiger partial charge in [-0.3, -0.25) is 5.41 Å². The number of hydrogen-bond acceptors (Lipinski definition) is 3. The molecule has 0 aliphatic carbocycles. The van der Waals surface area contributed by atoms with Crippen molar-refractivity contribution in [2.24, 2.45) is 0 Å². The summed E-state index contributed by atoms with van der Waals surface area (Å²) in [6, 6.07) is 21.1. The van der Waals surface area contributed by atoms with Gasteiger partial charge in [-0.25, -0.2) is 0 Å². The third-order valence-electron chi connectivity index (χ3n) is 4.07. The van der Waals surface area contributed by atoms with Gasteiger partial charge in [0.1, 0.15) is 17.2 Å². The van der Waals surface area contributed by atoms with Crippen LogP contribution in [0, 0.1) is 16.7 Å². The summed E-state index contributed by atoms with van der Waals surface area (Å²) >= 11 is 5.98. The summed E-state index contributed by atoms with van der Waals surface area (Å²) in [7, 11) is 0. The second-order valence-electron chi connectivity index (χ2n) is 5.46. The first-order valence-electron chi connectivity index (χ1n) is 7.38. The molecule has 1 aromatic heterocycles. The lowest BCUT2D eigenvalue weighted by atomic mass is 9.95. The molecule has 0 unspecified atom stereocenters. The zero-order chi connectivity index (χ0) is 16.7. The normalized spacial score (nSPS) is 10.8. The molecule has 3 aromatic carbocycles. The summed E-state index contributed by atoms with van der Waals surface area (Å²) < 4.78 is 5.70. The van der Waals surface area contributed by atoms with E-state index in [1.54, 1.807) is 12.1 Å². The predicted octanol–water partition coefficient (Wildman–Crippen LogP) is 5.26. The maximum atomic E-state index is 9.53. The fourth-order valence-electron chi connectivity index (χ4n) is 2.97. The number of nitriles is 1. The Bertz CT molecular complexity index is 1180. The van der Waals surface area contributed by atoms with Crippen molar-refractivity contribution in [2.75, 3.05) is 0 Å².